The van der Waals surface area contributed by atoms with Crippen molar-refractivity contribution in [2.75, 3.05) is 18.0 Å². The SMILES string of the molecule is Cc1nc(N2CC=C(c3ccc(F)cc3)[C@@H](O)C2)nc(=O)n1CC1=CCC(C(F)(F)F)S1. The van der Waals surface area contributed by atoms with Gasteiger partial charge in [0.2, 0.25) is 5.95 Å². The Hall–Kier alpha value is -2.66. The summed E-state index contributed by atoms with van der Waals surface area (Å²) in [6.45, 7) is 2.05. The van der Waals surface area contributed by atoms with Crippen molar-refractivity contribution in [2.45, 2.75) is 37.4 Å². The van der Waals surface area contributed by atoms with E-state index in [2.05, 4.69) is 9.97 Å². The van der Waals surface area contributed by atoms with Gasteiger partial charge in [0.05, 0.1) is 19.2 Å². The van der Waals surface area contributed by atoms with Gasteiger partial charge in [-0.05, 0) is 36.6 Å². The number of alkyl halides is 3. The summed E-state index contributed by atoms with van der Waals surface area (Å²) in [6, 6.07) is 5.80. The molecule has 1 aromatic carbocycles. The molecule has 1 unspecified atom stereocenters. The number of β-amino-alcohol motifs (C(OH)–C–C–N with tert-alkyl or cyclic N) is 1. The van der Waals surface area contributed by atoms with E-state index >= 15 is 0 Å². The monoisotopic (exact) mass is 468 g/mol. The average Bonchev–Trinajstić information content (AvgIpc) is 3.21. The molecule has 11 heteroatoms. The molecule has 0 aliphatic carbocycles. The fraction of sp³-hybridized carbons (Fsp3) is 0.381. The first-order valence-electron chi connectivity index (χ1n) is 9.88. The maximum absolute atomic E-state index is 13.1. The van der Waals surface area contributed by atoms with E-state index in [-0.39, 0.29) is 31.3 Å². The summed E-state index contributed by atoms with van der Waals surface area (Å²) in [6.07, 6.45) is -2.04. The lowest BCUT2D eigenvalue weighted by molar-refractivity contribution is -0.127. The van der Waals surface area contributed by atoms with Gasteiger partial charge in [0.15, 0.2) is 0 Å². The summed E-state index contributed by atoms with van der Waals surface area (Å²) in [5.74, 6) is 0.0876. The standard InChI is InChI=1S/C21H20F4N4O2S/c1-12-26-19(27-20(31)29(12)10-15-6-7-18(32-15)21(23,24)25)28-9-8-16(17(30)11-28)13-2-4-14(22)5-3-13/h2-6,8,17-18,30H,7,9-11H2,1H3/t17-,18?/m0/s1. The Morgan fingerprint density at radius 2 is 1.91 bits per heavy atom. The third kappa shape index (κ3) is 4.73. The molecule has 0 radical (unpaired) electrons. The van der Waals surface area contributed by atoms with Crippen molar-refractivity contribution in [3.05, 3.63) is 69.0 Å². The Bertz CT molecular complexity index is 1130. The highest BCUT2D eigenvalue weighted by Gasteiger charge is 2.42. The van der Waals surface area contributed by atoms with Gasteiger partial charge in [0.1, 0.15) is 16.9 Å². The zero-order valence-electron chi connectivity index (χ0n) is 17.0. The van der Waals surface area contributed by atoms with E-state index in [9.17, 15) is 27.5 Å². The fourth-order valence-electron chi connectivity index (χ4n) is 3.66. The van der Waals surface area contributed by atoms with Crippen LogP contribution in [0.4, 0.5) is 23.5 Å². The van der Waals surface area contributed by atoms with Crippen LogP contribution in [0.25, 0.3) is 5.57 Å². The minimum Gasteiger partial charge on any atom is -0.387 e. The number of aliphatic hydroxyl groups is 1. The van der Waals surface area contributed by atoms with E-state index in [0.717, 1.165) is 0 Å². The smallest absolute Gasteiger partial charge is 0.387 e. The molecule has 0 spiro atoms. The first-order chi connectivity index (χ1) is 15.1. The van der Waals surface area contributed by atoms with Crippen molar-refractivity contribution in [1.82, 2.24) is 14.5 Å². The predicted octanol–water partition coefficient (Wildman–Crippen LogP) is 3.30. The third-order valence-corrected chi connectivity index (χ3v) is 6.70. The van der Waals surface area contributed by atoms with Crippen LogP contribution in [0.5, 0.6) is 0 Å². The molecule has 0 saturated heterocycles. The van der Waals surface area contributed by atoms with E-state index in [0.29, 0.717) is 40.2 Å². The van der Waals surface area contributed by atoms with E-state index in [1.807, 2.05) is 0 Å². The molecule has 0 fully saturated rings. The normalized spacial score (nSPS) is 21.5. The maximum atomic E-state index is 13.1. The molecule has 0 bridgehead atoms. The van der Waals surface area contributed by atoms with Gasteiger partial charge in [-0.25, -0.2) is 9.18 Å². The van der Waals surface area contributed by atoms with Crippen LogP contribution in [0.2, 0.25) is 0 Å². The van der Waals surface area contributed by atoms with Crippen molar-refractivity contribution >= 4 is 23.3 Å². The lowest BCUT2D eigenvalue weighted by Crippen LogP contribution is -2.40. The Labute approximate surface area is 185 Å². The van der Waals surface area contributed by atoms with Crippen molar-refractivity contribution in [1.29, 1.82) is 0 Å². The van der Waals surface area contributed by atoms with E-state index < -0.39 is 23.2 Å². The predicted molar refractivity (Wildman–Crippen MR) is 114 cm³/mol. The van der Waals surface area contributed by atoms with Crippen molar-refractivity contribution in [3.63, 3.8) is 0 Å². The average molecular weight is 468 g/mol. The Kier molecular flexibility index (Phi) is 6.13. The number of rotatable bonds is 4. The molecule has 6 nitrogen and oxygen atoms in total. The lowest BCUT2D eigenvalue weighted by atomic mass is 9.97. The minimum atomic E-state index is -4.29. The molecule has 0 amide bonds. The molecule has 2 aliphatic rings. The minimum absolute atomic E-state index is 0.0144. The molecule has 4 rings (SSSR count). The molecule has 32 heavy (non-hydrogen) atoms. The Morgan fingerprint density at radius 1 is 1.19 bits per heavy atom. The summed E-state index contributed by atoms with van der Waals surface area (Å²) in [5, 5.41) is 9.06. The molecule has 2 aliphatic heterocycles. The van der Waals surface area contributed by atoms with Crippen LogP contribution in [0, 0.1) is 12.7 Å². The van der Waals surface area contributed by atoms with Gasteiger partial charge < -0.3 is 10.0 Å². The third-order valence-electron chi connectivity index (χ3n) is 5.36. The summed E-state index contributed by atoms with van der Waals surface area (Å²) in [4.78, 5) is 23.0. The van der Waals surface area contributed by atoms with Gasteiger partial charge in [-0.15, -0.1) is 11.8 Å². The number of benzene rings is 1. The number of aliphatic hydroxyl groups excluding tert-OH is 1. The highest BCUT2D eigenvalue weighted by Crippen LogP contribution is 2.42. The van der Waals surface area contributed by atoms with Crippen LogP contribution in [0.1, 0.15) is 17.8 Å². The van der Waals surface area contributed by atoms with Gasteiger partial charge in [-0.1, -0.05) is 24.3 Å². The van der Waals surface area contributed by atoms with Crippen molar-refractivity contribution in [3.8, 4) is 0 Å². The fourth-order valence-corrected chi connectivity index (χ4v) is 4.74. The number of aromatic nitrogens is 3. The molecule has 0 saturated carbocycles. The number of hydrogen-bond donors (Lipinski definition) is 1. The van der Waals surface area contributed by atoms with Crippen LogP contribution in [-0.2, 0) is 6.54 Å². The number of nitrogens with zero attached hydrogens (tertiary/aromatic N) is 4. The second kappa shape index (κ2) is 8.70. The Balaban J connectivity index is 1.49. The summed E-state index contributed by atoms with van der Waals surface area (Å²) >= 11 is 0.708. The summed E-state index contributed by atoms with van der Waals surface area (Å²) in [5.41, 5.74) is 0.730. The highest BCUT2D eigenvalue weighted by molar-refractivity contribution is 8.04. The summed E-state index contributed by atoms with van der Waals surface area (Å²) in [7, 11) is 0. The summed E-state index contributed by atoms with van der Waals surface area (Å²) < 4.78 is 53.0. The molecule has 2 atom stereocenters. The topological polar surface area (TPSA) is 71.2 Å². The molecular formula is C21H20F4N4O2S. The largest absolute Gasteiger partial charge is 0.401 e. The molecule has 2 aromatic rings. The first-order valence-corrected chi connectivity index (χ1v) is 10.8. The molecule has 1 N–H and O–H groups in total. The van der Waals surface area contributed by atoms with Crippen LogP contribution in [-0.4, -0.2) is 50.3 Å². The molecular weight excluding hydrogens is 448 g/mol. The second-order valence-corrected chi connectivity index (χ2v) is 8.91. The van der Waals surface area contributed by atoms with Crippen molar-refractivity contribution in [2.24, 2.45) is 0 Å². The van der Waals surface area contributed by atoms with Gasteiger partial charge in [0, 0.05) is 11.4 Å². The van der Waals surface area contributed by atoms with Crippen LogP contribution >= 0.6 is 11.8 Å². The second-order valence-electron chi connectivity index (χ2n) is 7.58. The van der Waals surface area contributed by atoms with Gasteiger partial charge in [-0.2, -0.15) is 23.1 Å². The number of thioether (sulfide) groups is 1. The number of allylic oxidation sites excluding steroid dienone is 2. The first kappa shape index (κ1) is 22.5. The van der Waals surface area contributed by atoms with E-state index in [1.54, 1.807) is 30.0 Å². The van der Waals surface area contributed by atoms with Gasteiger partial charge in [0.25, 0.3) is 0 Å². The highest BCUT2D eigenvalue weighted by atomic mass is 32.2. The zero-order chi connectivity index (χ0) is 23.0. The van der Waals surface area contributed by atoms with E-state index in [1.165, 1.54) is 22.8 Å². The zero-order valence-corrected chi connectivity index (χ0v) is 17.8. The number of aryl methyl sites for hydroxylation is 1. The van der Waals surface area contributed by atoms with Crippen LogP contribution in [0.15, 0.2) is 46.1 Å². The number of hydrogen-bond acceptors (Lipinski definition) is 6. The molecule has 3 heterocycles. The maximum Gasteiger partial charge on any atom is 0.401 e. The van der Waals surface area contributed by atoms with Crippen LogP contribution in [0.3, 0.4) is 0 Å². The van der Waals surface area contributed by atoms with E-state index in [4.69, 9.17) is 0 Å². The molecule has 1 aromatic heterocycles. The lowest BCUT2D eigenvalue weighted by Gasteiger charge is -2.30. The van der Waals surface area contributed by atoms with Crippen LogP contribution < -0.4 is 10.6 Å². The Morgan fingerprint density at radius 3 is 2.50 bits per heavy atom. The number of anilines is 1. The van der Waals surface area contributed by atoms with Crippen molar-refractivity contribution < 1.29 is 22.7 Å². The van der Waals surface area contributed by atoms with Gasteiger partial charge >= 0.3 is 11.9 Å². The number of halogens is 4. The van der Waals surface area contributed by atoms with Gasteiger partial charge in [-0.3, -0.25) is 4.57 Å². The molecule has 170 valence electrons. The quantitative estimate of drug-likeness (QED) is 0.695.